The molecule has 144 valence electrons. The third-order valence-corrected chi connectivity index (χ3v) is 5.55. The molecule has 0 unspecified atom stereocenters. The van der Waals surface area contributed by atoms with Crippen molar-refractivity contribution in [3.05, 3.63) is 139 Å². The van der Waals surface area contributed by atoms with Crippen molar-refractivity contribution in [2.24, 2.45) is 0 Å². The third-order valence-electron chi connectivity index (χ3n) is 5.55. The van der Waals surface area contributed by atoms with Crippen LogP contribution in [0.1, 0.15) is 17.2 Å². The molecule has 0 aliphatic heterocycles. The summed E-state index contributed by atoms with van der Waals surface area (Å²) in [5.41, 5.74) is 6.11. The molecular formula is C29H23N. The highest BCUT2D eigenvalue weighted by atomic mass is 14.9. The molecule has 0 aromatic heterocycles. The highest BCUT2D eigenvalue weighted by molar-refractivity contribution is 5.86. The summed E-state index contributed by atoms with van der Waals surface area (Å²) in [7, 11) is 0. The van der Waals surface area contributed by atoms with Crippen LogP contribution in [0.3, 0.4) is 0 Å². The summed E-state index contributed by atoms with van der Waals surface area (Å²) in [6.45, 7) is 0. The van der Waals surface area contributed by atoms with E-state index in [-0.39, 0.29) is 6.04 Å². The van der Waals surface area contributed by atoms with Gasteiger partial charge in [-0.25, -0.2) is 0 Å². The lowest BCUT2D eigenvalue weighted by Crippen LogP contribution is -2.13. The van der Waals surface area contributed by atoms with Gasteiger partial charge in [-0.2, -0.15) is 0 Å². The first kappa shape index (κ1) is 18.2. The molecule has 0 heterocycles. The second kappa shape index (κ2) is 8.26. The van der Waals surface area contributed by atoms with Crippen LogP contribution in [0.5, 0.6) is 0 Å². The van der Waals surface area contributed by atoms with E-state index in [9.17, 15) is 0 Å². The average Bonchev–Trinajstić information content (AvgIpc) is 2.83. The molecule has 0 spiro atoms. The molecule has 5 aromatic rings. The first-order valence-electron chi connectivity index (χ1n) is 10.3. The minimum atomic E-state index is 0.0452. The summed E-state index contributed by atoms with van der Waals surface area (Å²) in [5, 5.41) is 6.31. The predicted molar refractivity (Wildman–Crippen MR) is 128 cm³/mol. The van der Waals surface area contributed by atoms with Crippen molar-refractivity contribution in [2.45, 2.75) is 6.04 Å². The van der Waals surface area contributed by atoms with Crippen molar-refractivity contribution < 1.29 is 0 Å². The van der Waals surface area contributed by atoms with E-state index >= 15 is 0 Å². The molecule has 5 rings (SSSR count). The van der Waals surface area contributed by atoms with E-state index in [1.54, 1.807) is 0 Å². The Morgan fingerprint density at radius 1 is 0.500 bits per heavy atom. The van der Waals surface area contributed by atoms with Crippen LogP contribution in [-0.2, 0) is 0 Å². The average molecular weight is 386 g/mol. The van der Waals surface area contributed by atoms with Gasteiger partial charge in [0, 0.05) is 5.69 Å². The number of hydrogen-bond acceptors (Lipinski definition) is 1. The van der Waals surface area contributed by atoms with Gasteiger partial charge in [-0.05, 0) is 45.2 Å². The van der Waals surface area contributed by atoms with Gasteiger partial charge >= 0.3 is 0 Å². The molecule has 5 aromatic carbocycles. The minimum absolute atomic E-state index is 0.0452. The zero-order valence-electron chi connectivity index (χ0n) is 16.7. The number of hydrogen-bond donors (Lipinski definition) is 1. The van der Waals surface area contributed by atoms with Gasteiger partial charge < -0.3 is 5.32 Å². The number of nitrogens with one attached hydrogen (secondary N) is 1. The maximum atomic E-state index is 3.81. The van der Waals surface area contributed by atoms with E-state index in [1.807, 2.05) is 0 Å². The molecule has 1 atom stereocenters. The first-order chi connectivity index (χ1) is 14.9. The Morgan fingerprint density at radius 2 is 1.13 bits per heavy atom. The van der Waals surface area contributed by atoms with Crippen molar-refractivity contribution >= 4 is 16.5 Å². The summed E-state index contributed by atoms with van der Waals surface area (Å²) in [4.78, 5) is 0. The highest BCUT2D eigenvalue weighted by Crippen LogP contribution is 2.34. The summed E-state index contributed by atoms with van der Waals surface area (Å²) in [6.07, 6.45) is 0. The van der Waals surface area contributed by atoms with Gasteiger partial charge in [-0.3, -0.25) is 0 Å². The molecule has 0 aliphatic carbocycles. The van der Waals surface area contributed by atoms with Crippen LogP contribution in [0.2, 0.25) is 0 Å². The van der Waals surface area contributed by atoms with E-state index in [0.717, 1.165) is 5.69 Å². The third kappa shape index (κ3) is 3.70. The van der Waals surface area contributed by atoms with E-state index in [2.05, 4.69) is 133 Å². The van der Waals surface area contributed by atoms with Crippen LogP contribution >= 0.6 is 0 Å². The van der Waals surface area contributed by atoms with Crippen LogP contribution in [0.25, 0.3) is 21.9 Å². The van der Waals surface area contributed by atoms with Crippen molar-refractivity contribution in [1.82, 2.24) is 0 Å². The zero-order valence-corrected chi connectivity index (χ0v) is 16.7. The number of fused-ring (bicyclic) bond motifs is 1. The van der Waals surface area contributed by atoms with Gasteiger partial charge in [-0.15, -0.1) is 0 Å². The predicted octanol–water partition coefficient (Wildman–Crippen LogP) is 7.71. The lowest BCUT2D eigenvalue weighted by atomic mass is 9.90. The first-order valence-corrected chi connectivity index (χ1v) is 10.3. The molecule has 1 heteroatoms. The van der Waals surface area contributed by atoms with Crippen molar-refractivity contribution in [3.63, 3.8) is 0 Å². The molecule has 0 bridgehead atoms. The molecule has 0 aliphatic rings. The monoisotopic (exact) mass is 385 g/mol. The Morgan fingerprint density at radius 3 is 1.93 bits per heavy atom. The van der Waals surface area contributed by atoms with Crippen LogP contribution in [0.15, 0.2) is 127 Å². The molecule has 0 saturated heterocycles. The van der Waals surface area contributed by atoms with E-state index < -0.39 is 0 Å². The summed E-state index contributed by atoms with van der Waals surface area (Å²) in [6, 6.07) is 45.1. The van der Waals surface area contributed by atoms with Gasteiger partial charge in [-0.1, -0.05) is 115 Å². The van der Waals surface area contributed by atoms with E-state index in [0.29, 0.717) is 0 Å². The van der Waals surface area contributed by atoms with Gasteiger partial charge in [0.05, 0.1) is 6.04 Å². The fourth-order valence-corrected chi connectivity index (χ4v) is 4.06. The fraction of sp³-hybridized carbons (Fsp3) is 0.0345. The second-order valence-corrected chi connectivity index (χ2v) is 7.50. The van der Waals surface area contributed by atoms with Crippen LogP contribution in [0.4, 0.5) is 5.69 Å². The van der Waals surface area contributed by atoms with E-state index in [1.165, 1.54) is 33.0 Å². The summed E-state index contributed by atoms with van der Waals surface area (Å²) >= 11 is 0. The largest absolute Gasteiger partial charge is 0.374 e. The Bertz CT molecular complexity index is 1260. The van der Waals surface area contributed by atoms with Crippen LogP contribution < -0.4 is 5.32 Å². The molecule has 0 radical (unpaired) electrons. The SMILES string of the molecule is c1ccc(-c2ccccc2[C@H](Nc2ccc3ccccc3c2)c2ccccc2)cc1. The number of anilines is 1. The van der Waals surface area contributed by atoms with Crippen molar-refractivity contribution in [2.75, 3.05) is 5.32 Å². The van der Waals surface area contributed by atoms with Gasteiger partial charge in [0.2, 0.25) is 0 Å². The molecule has 30 heavy (non-hydrogen) atoms. The van der Waals surface area contributed by atoms with Gasteiger partial charge in [0.15, 0.2) is 0 Å². The smallest absolute Gasteiger partial charge is 0.0773 e. The van der Waals surface area contributed by atoms with Crippen LogP contribution in [0, 0.1) is 0 Å². The van der Waals surface area contributed by atoms with E-state index in [4.69, 9.17) is 0 Å². The second-order valence-electron chi connectivity index (χ2n) is 7.50. The molecule has 0 fully saturated rings. The summed E-state index contributed by atoms with van der Waals surface area (Å²) in [5.74, 6) is 0. The Hall–Kier alpha value is -3.84. The highest BCUT2D eigenvalue weighted by Gasteiger charge is 2.18. The molecule has 1 nitrogen and oxygen atoms in total. The topological polar surface area (TPSA) is 12.0 Å². The van der Waals surface area contributed by atoms with Crippen molar-refractivity contribution in [3.8, 4) is 11.1 Å². The molecule has 0 amide bonds. The van der Waals surface area contributed by atoms with Gasteiger partial charge in [0.25, 0.3) is 0 Å². The Kier molecular flexibility index (Phi) is 5.01. The van der Waals surface area contributed by atoms with Crippen molar-refractivity contribution in [1.29, 1.82) is 0 Å². The maximum absolute atomic E-state index is 3.81. The normalized spacial score (nSPS) is 11.9. The zero-order chi connectivity index (χ0) is 20.2. The Labute approximate surface area is 177 Å². The minimum Gasteiger partial charge on any atom is -0.374 e. The van der Waals surface area contributed by atoms with Crippen LogP contribution in [-0.4, -0.2) is 0 Å². The lowest BCUT2D eigenvalue weighted by Gasteiger charge is -2.24. The number of benzene rings is 5. The maximum Gasteiger partial charge on any atom is 0.0773 e. The quantitative estimate of drug-likeness (QED) is 0.327. The summed E-state index contributed by atoms with van der Waals surface area (Å²) < 4.78 is 0. The Balaban J connectivity index is 1.62. The fourth-order valence-electron chi connectivity index (χ4n) is 4.06. The number of rotatable bonds is 5. The lowest BCUT2D eigenvalue weighted by molar-refractivity contribution is 0.942. The van der Waals surface area contributed by atoms with Gasteiger partial charge in [0.1, 0.15) is 0 Å². The standard InChI is InChI=1S/C29H23N/c1-3-12-23(13-4-1)27-17-9-10-18-28(27)29(24-14-5-2-6-15-24)30-26-20-19-22-11-7-8-16-25(22)21-26/h1-21,29-30H/t29-/m1/s1. The molecular weight excluding hydrogens is 362 g/mol. The molecule has 0 saturated carbocycles. The molecule has 1 N–H and O–H groups in total.